The minimum Gasteiger partial charge on any atom is -0.508 e. The monoisotopic (exact) mass is 387 g/mol. The van der Waals surface area contributed by atoms with Crippen LogP contribution in [0.5, 0.6) is 5.75 Å². The van der Waals surface area contributed by atoms with Crippen LogP contribution < -0.4 is 5.32 Å². The van der Waals surface area contributed by atoms with Crippen molar-refractivity contribution in [3.05, 3.63) is 64.9 Å². The van der Waals surface area contributed by atoms with Gasteiger partial charge in [0.1, 0.15) is 11.3 Å². The first-order valence-electron chi connectivity index (χ1n) is 8.32. The Balaban J connectivity index is 1.52. The molecule has 0 saturated carbocycles. The number of carbonyl (C=O) groups excluding carboxylic acids is 2. The first kappa shape index (κ1) is 18.8. The highest BCUT2D eigenvalue weighted by Crippen LogP contribution is 2.25. The molecular formula is C20H18ClNO5. The van der Waals surface area contributed by atoms with Crippen LogP contribution in [0.2, 0.25) is 5.02 Å². The van der Waals surface area contributed by atoms with E-state index in [2.05, 4.69) is 5.32 Å². The number of fused-ring (bicyclic) bond motifs is 1. The number of rotatable bonds is 6. The van der Waals surface area contributed by atoms with Crippen LogP contribution in [-0.4, -0.2) is 23.6 Å². The van der Waals surface area contributed by atoms with Crippen molar-refractivity contribution in [3.63, 3.8) is 0 Å². The highest BCUT2D eigenvalue weighted by atomic mass is 35.5. The SMILES string of the molecule is C[C@H](NC(=O)COC(=O)Cc1coc2cc(O)ccc12)c1ccccc1Cl. The highest BCUT2D eigenvalue weighted by molar-refractivity contribution is 6.31. The smallest absolute Gasteiger partial charge is 0.310 e. The number of ether oxygens (including phenoxy) is 1. The van der Waals surface area contributed by atoms with E-state index in [9.17, 15) is 14.7 Å². The zero-order valence-electron chi connectivity index (χ0n) is 14.6. The minimum absolute atomic E-state index is 0.0366. The van der Waals surface area contributed by atoms with Crippen molar-refractivity contribution in [1.82, 2.24) is 5.32 Å². The van der Waals surface area contributed by atoms with Crippen LogP contribution >= 0.6 is 11.6 Å². The van der Waals surface area contributed by atoms with Gasteiger partial charge in [0, 0.05) is 22.0 Å². The topological polar surface area (TPSA) is 88.8 Å². The van der Waals surface area contributed by atoms with Crippen LogP contribution in [0.3, 0.4) is 0 Å². The number of esters is 1. The van der Waals surface area contributed by atoms with Gasteiger partial charge < -0.3 is 19.6 Å². The Morgan fingerprint density at radius 3 is 2.81 bits per heavy atom. The van der Waals surface area contributed by atoms with E-state index < -0.39 is 11.9 Å². The van der Waals surface area contributed by atoms with Gasteiger partial charge in [0.2, 0.25) is 0 Å². The van der Waals surface area contributed by atoms with Gasteiger partial charge in [-0.15, -0.1) is 0 Å². The fourth-order valence-corrected chi connectivity index (χ4v) is 3.05. The Bertz CT molecular complexity index is 981. The number of amides is 1. The number of phenols is 1. The number of hydrogen-bond acceptors (Lipinski definition) is 5. The number of aromatic hydroxyl groups is 1. The summed E-state index contributed by atoms with van der Waals surface area (Å²) in [4.78, 5) is 24.0. The first-order valence-corrected chi connectivity index (χ1v) is 8.70. The zero-order valence-corrected chi connectivity index (χ0v) is 15.3. The van der Waals surface area contributed by atoms with Gasteiger partial charge in [0.15, 0.2) is 6.61 Å². The molecular weight excluding hydrogens is 370 g/mol. The number of carbonyl (C=O) groups is 2. The van der Waals surface area contributed by atoms with Gasteiger partial charge in [-0.1, -0.05) is 29.8 Å². The molecule has 0 fully saturated rings. The van der Waals surface area contributed by atoms with Crippen LogP contribution in [-0.2, 0) is 20.7 Å². The Labute approximate surface area is 160 Å². The maximum atomic E-state index is 12.0. The average molecular weight is 388 g/mol. The maximum Gasteiger partial charge on any atom is 0.310 e. The second kappa shape index (κ2) is 8.14. The third-order valence-electron chi connectivity index (χ3n) is 4.09. The molecule has 2 N–H and O–H groups in total. The third-order valence-corrected chi connectivity index (χ3v) is 4.43. The van der Waals surface area contributed by atoms with Crippen molar-refractivity contribution >= 4 is 34.4 Å². The summed E-state index contributed by atoms with van der Waals surface area (Å²) in [5.41, 5.74) is 1.89. The Morgan fingerprint density at radius 1 is 1.26 bits per heavy atom. The molecule has 1 aromatic heterocycles. The summed E-state index contributed by atoms with van der Waals surface area (Å²) in [6, 6.07) is 11.5. The van der Waals surface area contributed by atoms with Crippen LogP contribution in [0.1, 0.15) is 24.1 Å². The third kappa shape index (κ3) is 4.60. The van der Waals surface area contributed by atoms with Gasteiger partial charge in [-0.2, -0.15) is 0 Å². The molecule has 0 saturated heterocycles. The van der Waals surface area contributed by atoms with Gasteiger partial charge in [-0.3, -0.25) is 9.59 Å². The van der Waals surface area contributed by atoms with E-state index in [4.69, 9.17) is 20.8 Å². The molecule has 0 radical (unpaired) electrons. The second-order valence-electron chi connectivity index (χ2n) is 6.09. The average Bonchev–Trinajstić information content (AvgIpc) is 3.02. The molecule has 7 heteroatoms. The number of halogens is 1. The maximum absolute atomic E-state index is 12.0. The summed E-state index contributed by atoms with van der Waals surface area (Å²) < 4.78 is 10.4. The van der Waals surface area contributed by atoms with E-state index in [1.54, 1.807) is 19.1 Å². The lowest BCUT2D eigenvalue weighted by molar-refractivity contribution is -0.148. The lowest BCUT2D eigenvalue weighted by atomic mass is 10.1. The van der Waals surface area contributed by atoms with Crippen molar-refractivity contribution in [3.8, 4) is 5.75 Å². The normalized spacial score (nSPS) is 11.9. The molecule has 3 rings (SSSR count). The highest BCUT2D eigenvalue weighted by Gasteiger charge is 2.16. The summed E-state index contributed by atoms with van der Waals surface area (Å²) in [6.45, 7) is 1.41. The molecule has 1 heterocycles. The van der Waals surface area contributed by atoms with E-state index in [1.807, 2.05) is 18.2 Å². The number of nitrogens with one attached hydrogen (secondary N) is 1. The van der Waals surface area contributed by atoms with Gasteiger partial charge >= 0.3 is 5.97 Å². The molecule has 140 valence electrons. The molecule has 0 spiro atoms. The number of hydrogen-bond donors (Lipinski definition) is 2. The molecule has 1 atom stereocenters. The summed E-state index contributed by atoms with van der Waals surface area (Å²) >= 11 is 6.11. The van der Waals surface area contributed by atoms with Crippen LogP contribution in [0.4, 0.5) is 0 Å². The summed E-state index contributed by atoms with van der Waals surface area (Å²) in [5.74, 6) is -0.889. The van der Waals surface area contributed by atoms with E-state index in [-0.39, 0.29) is 24.8 Å². The lowest BCUT2D eigenvalue weighted by Gasteiger charge is -2.15. The molecule has 2 aromatic carbocycles. The number of phenolic OH excluding ortho intramolecular Hbond substituents is 1. The molecule has 0 aliphatic heterocycles. The van der Waals surface area contributed by atoms with Crippen LogP contribution in [0.15, 0.2) is 53.1 Å². The van der Waals surface area contributed by atoms with E-state index in [0.29, 0.717) is 21.6 Å². The summed E-state index contributed by atoms with van der Waals surface area (Å²) in [7, 11) is 0. The molecule has 0 bridgehead atoms. The van der Waals surface area contributed by atoms with Crippen molar-refractivity contribution in [2.24, 2.45) is 0 Å². The fraction of sp³-hybridized carbons (Fsp3) is 0.200. The molecule has 6 nitrogen and oxygen atoms in total. The van der Waals surface area contributed by atoms with Gasteiger partial charge in [0.05, 0.1) is 18.7 Å². The van der Waals surface area contributed by atoms with E-state index in [1.165, 1.54) is 18.4 Å². The van der Waals surface area contributed by atoms with Gasteiger partial charge in [0.25, 0.3) is 5.91 Å². The molecule has 27 heavy (non-hydrogen) atoms. The number of furan rings is 1. The van der Waals surface area contributed by atoms with Gasteiger partial charge in [-0.05, 0) is 30.7 Å². The molecule has 0 aliphatic rings. The molecule has 1 amide bonds. The Hall–Kier alpha value is -2.99. The molecule has 0 aliphatic carbocycles. The summed E-state index contributed by atoms with van der Waals surface area (Å²) in [5, 5.41) is 13.4. The van der Waals surface area contributed by atoms with Crippen LogP contribution in [0, 0.1) is 0 Å². The number of benzene rings is 2. The zero-order chi connectivity index (χ0) is 19.4. The van der Waals surface area contributed by atoms with Crippen LogP contribution in [0.25, 0.3) is 11.0 Å². The minimum atomic E-state index is -0.550. The quantitative estimate of drug-likeness (QED) is 0.629. The first-order chi connectivity index (χ1) is 12.9. The Morgan fingerprint density at radius 2 is 2.04 bits per heavy atom. The van der Waals surface area contributed by atoms with E-state index in [0.717, 1.165) is 5.56 Å². The van der Waals surface area contributed by atoms with Gasteiger partial charge in [-0.25, -0.2) is 0 Å². The second-order valence-corrected chi connectivity index (χ2v) is 6.50. The predicted octanol–water partition coefficient (Wildman–Crippen LogP) is 3.75. The van der Waals surface area contributed by atoms with Crippen molar-refractivity contribution in [2.75, 3.05) is 6.61 Å². The molecule has 3 aromatic rings. The standard InChI is InChI=1S/C20H18ClNO5/c1-12(15-4-2-3-5-17(15)21)22-19(24)11-27-20(25)8-13-10-26-18-9-14(23)6-7-16(13)18/h2-7,9-10,12,23H,8,11H2,1H3,(H,22,24)/t12-/m0/s1. The van der Waals surface area contributed by atoms with Crippen molar-refractivity contribution < 1.29 is 23.8 Å². The van der Waals surface area contributed by atoms with E-state index >= 15 is 0 Å². The molecule has 0 unspecified atom stereocenters. The van der Waals surface area contributed by atoms with Crippen molar-refractivity contribution in [1.29, 1.82) is 0 Å². The summed E-state index contributed by atoms with van der Waals surface area (Å²) in [6.07, 6.45) is 1.40. The largest absolute Gasteiger partial charge is 0.508 e. The Kier molecular flexibility index (Phi) is 5.66. The van der Waals surface area contributed by atoms with Crippen molar-refractivity contribution in [2.45, 2.75) is 19.4 Å². The lowest BCUT2D eigenvalue weighted by Crippen LogP contribution is -2.31. The predicted molar refractivity (Wildman–Crippen MR) is 101 cm³/mol. The fourth-order valence-electron chi connectivity index (χ4n) is 2.75.